The van der Waals surface area contributed by atoms with Crippen LogP contribution in [0.2, 0.25) is 0 Å². The number of nitrogens with zero attached hydrogens (tertiary/aromatic N) is 3. The van der Waals surface area contributed by atoms with Crippen molar-refractivity contribution >= 4 is 17.2 Å². The van der Waals surface area contributed by atoms with Crippen LogP contribution in [0.4, 0.5) is 5.69 Å². The Kier molecular flexibility index (Phi) is 4.68. The van der Waals surface area contributed by atoms with Crippen LogP contribution in [0.1, 0.15) is 17.2 Å². The van der Waals surface area contributed by atoms with E-state index in [1.807, 2.05) is 30.3 Å². The van der Waals surface area contributed by atoms with Crippen molar-refractivity contribution in [3.63, 3.8) is 0 Å². The summed E-state index contributed by atoms with van der Waals surface area (Å²) in [5.41, 5.74) is 1.89. The lowest BCUT2D eigenvalue weighted by atomic mass is 9.73. The molecule has 0 spiro atoms. The molecule has 7 nitrogen and oxygen atoms in total. The topological polar surface area (TPSA) is 85.8 Å². The minimum atomic E-state index is -1.13. The first-order valence-corrected chi connectivity index (χ1v) is 9.23. The van der Waals surface area contributed by atoms with Gasteiger partial charge in [0.1, 0.15) is 17.6 Å². The molecule has 2 aromatic carbocycles. The summed E-state index contributed by atoms with van der Waals surface area (Å²) in [4.78, 5) is 30.2. The third kappa shape index (κ3) is 3.00. The Morgan fingerprint density at radius 3 is 2.45 bits per heavy atom. The summed E-state index contributed by atoms with van der Waals surface area (Å²) in [5, 5.41) is 10.7. The Morgan fingerprint density at radius 2 is 1.79 bits per heavy atom. The van der Waals surface area contributed by atoms with E-state index in [4.69, 9.17) is 4.74 Å². The second-order valence-electron chi connectivity index (χ2n) is 6.96. The quantitative estimate of drug-likeness (QED) is 0.739. The van der Waals surface area contributed by atoms with Crippen molar-refractivity contribution in [3.05, 3.63) is 76.2 Å². The molecule has 0 bridgehead atoms. The van der Waals surface area contributed by atoms with Crippen LogP contribution in [0.3, 0.4) is 0 Å². The number of aliphatic hydroxyl groups excluding tert-OH is 1. The molecular formula is C22H21N3O4. The Bertz CT molecular complexity index is 1170. The van der Waals surface area contributed by atoms with E-state index >= 15 is 0 Å². The second kappa shape index (κ2) is 7.18. The predicted octanol–water partition coefficient (Wildman–Crippen LogP) is 2.29. The van der Waals surface area contributed by atoms with Gasteiger partial charge in [-0.15, -0.1) is 0 Å². The number of carbonyl (C=O) groups excluding carboxylic acids is 1. The zero-order valence-electron chi connectivity index (χ0n) is 16.4. The van der Waals surface area contributed by atoms with E-state index in [1.165, 1.54) is 4.68 Å². The van der Waals surface area contributed by atoms with Gasteiger partial charge in [-0.05, 0) is 31.2 Å². The van der Waals surface area contributed by atoms with E-state index in [0.29, 0.717) is 28.4 Å². The standard InChI is InChI=1S/C22H21N3O4/c1-13-17(22(28)25(24(13)2)15-9-5-4-6-10-15)18-20(26)19(21(18)27)23-14-8-7-11-16(12-14)29-3/h4-12,18,20,26H,1-3H3. The first-order chi connectivity index (χ1) is 13.9. The molecule has 1 aromatic heterocycles. The second-order valence-corrected chi connectivity index (χ2v) is 6.96. The first kappa shape index (κ1) is 18.9. The molecule has 0 radical (unpaired) electrons. The largest absolute Gasteiger partial charge is 0.497 e. The van der Waals surface area contributed by atoms with Gasteiger partial charge < -0.3 is 9.84 Å². The summed E-state index contributed by atoms with van der Waals surface area (Å²) < 4.78 is 8.36. The van der Waals surface area contributed by atoms with Crippen LogP contribution < -0.4 is 10.3 Å². The van der Waals surface area contributed by atoms with E-state index < -0.39 is 12.0 Å². The summed E-state index contributed by atoms with van der Waals surface area (Å²) >= 11 is 0. The number of rotatable bonds is 4. The lowest BCUT2D eigenvalue weighted by Crippen LogP contribution is -2.52. The fourth-order valence-electron chi connectivity index (χ4n) is 3.69. The molecule has 0 amide bonds. The molecule has 0 aliphatic heterocycles. The minimum absolute atomic E-state index is 0.0529. The molecule has 1 aliphatic rings. The van der Waals surface area contributed by atoms with Gasteiger partial charge in [0.15, 0.2) is 5.78 Å². The van der Waals surface area contributed by atoms with Crippen LogP contribution >= 0.6 is 0 Å². The number of ketones is 1. The number of ether oxygens (including phenoxy) is 1. The monoisotopic (exact) mass is 391 g/mol. The summed E-state index contributed by atoms with van der Waals surface area (Å²) in [6, 6.07) is 16.1. The van der Waals surface area contributed by atoms with Crippen molar-refractivity contribution in [2.45, 2.75) is 18.9 Å². The maximum Gasteiger partial charge on any atom is 0.275 e. The average Bonchev–Trinajstić information content (AvgIpc) is 2.96. The molecule has 2 unspecified atom stereocenters. The van der Waals surface area contributed by atoms with Crippen molar-refractivity contribution in [1.82, 2.24) is 9.36 Å². The molecule has 0 saturated heterocycles. The molecule has 1 N–H and O–H groups in total. The first-order valence-electron chi connectivity index (χ1n) is 9.23. The molecule has 1 heterocycles. The van der Waals surface area contributed by atoms with E-state index in [-0.39, 0.29) is 17.1 Å². The van der Waals surface area contributed by atoms with Gasteiger partial charge >= 0.3 is 0 Å². The normalized spacial score (nSPS) is 20.0. The SMILES string of the molecule is COc1cccc(N=C2C(=O)C(c3c(C)n(C)n(-c4ccccc4)c3=O)C2O)c1. The molecule has 4 rings (SSSR count). The number of carbonyl (C=O) groups is 1. The Balaban J connectivity index is 1.72. The highest BCUT2D eigenvalue weighted by molar-refractivity contribution is 6.51. The van der Waals surface area contributed by atoms with Gasteiger partial charge in [0.05, 0.1) is 30.0 Å². The van der Waals surface area contributed by atoms with Crippen LogP contribution in [-0.4, -0.2) is 39.2 Å². The van der Waals surface area contributed by atoms with Gasteiger partial charge in [0, 0.05) is 18.8 Å². The Hall–Kier alpha value is -3.45. The third-order valence-electron chi connectivity index (χ3n) is 5.34. The number of para-hydroxylation sites is 1. The van der Waals surface area contributed by atoms with Gasteiger partial charge in [-0.3, -0.25) is 14.3 Å². The lowest BCUT2D eigenvalue weighted by molar-refractivity contribution is -0.120. The minimum Gasteiger partial charge on any atom is -0.497 e. The highest BCUT2D eigenvalue weighted by Crippen LogP contribution is 2.34. The third-order valence-corrected chi connectivity index (χ3v) is 5.34. The molecule has 148 valence electrons. The van der Waals surface area contributed by atoms with Gasteiger partial charge in [0.25, 0.3) is 5.56 Å². The Morgan fingerprint density at radius 1 is 1.07 bits per heavy atom. The fraction of sp³-hybridized carbons (Fsp3) is 0.227. The number of Topliss-reactive ketones (excluding diaryl/α,β-unsaturated/α-hetero) is 1. The van der Waals surface area contributed by atoms with Crippen molar-refractivity contribution in [3.8, 4) is 11.4 Å². The molecule has 1 aliphatic carbocycles. The zero-order valence-corrected chi connectivity index (χ0v) is 16.4. The summed E-state index contributed by atoms with van der Waals surface area (Å²) in [7, 11) is 3.30. The maximum absolute atomic E-state index is 13.1. The number of hydrogen-bond donors (Lipinski definition) is 1. The van der Waals surface area contributed by atoms with Gasteiger partial charge in [-0.2, -0.15) is 0 Å². The van der Waals surface area contributed by atoms with Gasteiger partial charge in [-0.25, -0.2) is 9.67 Å². The fourth-order valence-corrected chi connectivity index (χ4v) is 3.69. The molecule has 1 fully saturated rings. The highest BCUT2D eigenvalue weighted by Gasteiger charge is 2.49. The van der Waals surface area contributed by atoms with E-state index in [0.717, 1.165) is 0 Å². The van der Waals surface area contributed by atoms with Crippen molar-refractivity contribution in [1.29, 1.82) is 0 Å². The molecule has 7 heteroatoms. The van der Waals surface area contributed by atoms with Crippen LogP contribution in [0.25, 0.3) is 5.69 Å². The van der Waals surface area contributed by atoms with Crippen LogP contribution in [0.15, 0.2) is 64.4 Å². The van der Waals surface area contributed by atoms with Crippen molar-refractivity contribution in [2.24, 2.45) is 12.0 Å². The number of aliphatic hydroxyl groups is 1. The van der Waals surface area contributed by atoms with E-state index in [9.17, 15) is 14.7 Å². The smallest absolute Gasteiger partial charge is 0.275 e. The molecule has 29 heavy (non-hydrogen) atoms. The van der Waals surface area contributed by atoms with E-state index in [1.54, 1.807) is 50.0 Å². The van der Waals surface area contributed by atoms with Crippen molar-refractivity contribution in [2.75, 3.05) is 7.11 Å². The summed E-state index contributed by atoms with van der Waals surface area (Å²) in [6.45, 7) is 1.77. The number of methoxy groups -OCH3 is 1. The summed E-state index contributed by atoms with van der Waals surface area (Å²) in [6.07, 6.45) is -1.13. The molecule has 3 aromatic rings. The van der Waals surface area contributed by atoms with Crippen LogP contribution in [0, 0.1) is 6.92 Å². The summed E-state index contributed by atoms with van der Waals surface area (Å²) in [5.74, 6) is -0.649. The highest BCUT2D eigenvalue weighted by atomic mass is 16.5. The number of hydrogen-bond acceptors (Lipinski definition) is 5. The zero-order chi connectivity index (χ0) is 20.7. The number of aliphatic imine (C=N–C) groups is 1. The number of aromatic nitrogens is 2. The van der Waals surface area contributed by atoms with Crippen LogP contribution in [-0.2, 0) is 11.8 Å². The van der Waals surface area contributed by atoms with Crippen molar-refractivity contribution < 1.29 is 14.6 Å². The maximum atomic E-state index is 13.1. The van der Waals surface area contributed by atoms with Crippen LogP contribution in [0.5, 0.6) is 5.75 Å². The number of benzene rings is 2. The predicted molar refractivity (Wildman–Crippen MR) is 110 cm³/mol. The molecule has 2 atom stereocenters. The average molecular weight is 391 g/mol. The van der Waals surface area contributed by atoms with E-state index in [2.05, 4.69) is 4.99 Å². The van der Waals surface area contributed by atoms with Gasteiger partial charge in [-0.1, -0.05) is 24.3 Å². The molecular weight excluding hydrogens is 370 g/mol. The Labute approximate surface area is 167 Å². The molecule has 1 saturated carbocycles. The van der Waals surface area contributed by atoms with Gasteiger partial charge in [0.2, 0.25) is 0 Å². The lowest BCUT2D eigenvalue weighted by Gasteiger charge is -2.32.